The summed E-state index contributed by atoms with van der Waals surface area (Å²) in [5, 5.41) is 31.4. The maximum absolute atomic E-state index is 11.6. The zero-order chi connectivity index (χ0) is 90.7. The van der Waals surface area contributed by atoms with Gasteiger partial charge in [-0.15, -0.1) is 0 Å². The zero-order valence-corrected chi connectivity index (χ0v) is 81.5. The molecular formula is C87H125Cl5FLiN16O11S4. The Morgan fingerprint density at radius 1 is 0.432 bits per heavy atom. The molecule has 0 saturated carbocycles. The van der Waals surface area contributed by atoms with Crippen LogP contribution in [-0.2, 0) is 38.1 Å². The molecule has 125 heavy (non-hydrogen) atoms. The molecule has 4 atom stereocenters. The van der Waals surface area contributed by atoms with Gasteiger partial charge in [0.2, 0.25) is 41.0 Å². The van der Waals surface area contributed by atoms with Gasteiger partial charge in [0.15, 0.2) is 0 Å². The number of rotatable bonds is 34. The van der Waals surface area contributed by atoms with Gasteiger partial charge >= 0.3 is 30.8 Å². The number of ketones is 2. The molecule has 0 radical (unpaired) electrons. The minimum Gasteiger partial charge on any atom is -0.870 e. The molecule has 4 aliphatic rings. The number of hydrogen-bond donors (Lipinski definition) is 6. The minimum atomic E-state index is -1.00. The van der Waals surface area contributed by atoms with E-state index in [0.717, 1.165) is 210 Å². The third-order valence-corrected chi connectivity index (χ3v) is 24.6. The van der Waals surface area contributed by atoms with Gasteiger partial charge in [-0.25, -0.2) is 0 Å². The molecule has 8 heterocycles. The van der Waals surface area contributed by atoms with Crippen molar-refractivity contribution in [1.29, 1.82) is 0 Å². The molecule has 0 unspecified atom stereocenters. The maximum atomic E-state index is 11.6. The van der Waals surface area contributed by atoms with Crippen LogP contribution in [0.15, 0.2) is 72.8 Å². The topological polar surface area (TPSA) is 354 Å². The number of carboxylic acid groups (broad SMARTS) is 2. The average Bonchev–Trinajstić information content (AvgIpc) is 1.21. The van der Waals surface area contributed by atoms with E-state index in [1.165, 1.54) is 34.6 Å². The van der Waals surface area contributed by atoms with E-state index >= 15 is 0 Å². The molecule has 8 N–H and O–H groups in total. The van der Waals surface area contributed by atoms with Crippen LogP contribution in [0, 0.1) is 23.7 Å². The number of nitrogen functional groups attached to an aromatic ring is 1. The molecule has 4 aliphatic heterocycles. The van der Waals surface area contributed by atoms with Gasteiger partial charge in [0.25, 0.3) is 0 Å². The first-order valence-electron chi connectivity index (χ1n) is 42.7. The van der Waals surface area contributed by atoms with Crippen LogP contribution in [0.2, 0.25) is 25.6 Å². The maximum Gasteiger partial charge on any atom is 1.00 e. The second-order valence-electron chi connectivity index (χ2n) is 33.1. The van der Waals surface area contributed by atoms with E-state index in [9.17, 15) is 33.8 Å². The first kappa shape index (κ1) is 107. The van der Waals surface area contributed by atoms with Gasteiger partial charge in [-0.1, -0.05) is 107 Å². The van der Waals surface area contributed by atoms with Gasteiger partial charge in [-0.05, 0) is 253 Å². The SMILES string of the molecule is CC(=O)C[C@@H](C)c1ccc(N(CC(C)C)C2CCOCC2)c(N)c1.CC(=O)C[C@@H](C)c1ccc(N(CC(C)C)C2CCOCC2)c(Nc2nc(Cl)ns2)c1.CC(C)CN(c1ccc([C@H](C)CC(=O)O)cc1Nc1nc(Cl)ns1)C1CCOCC1.CC(C)CN(c1ccc([C@H](C)CC(=O)O)cc1Nc1nc(Cl)ns1)C1CCOCC1.Clc1nsc(Cl)n1.[2H]CF.[Li+].[OH-]. The third kappa shape index (κ3) is 37.2. The number of halogens is 6. The average molecular weight is 1900 g/mol. The summed E-state index contributed by atoms with van der Waals surface area (Å²) in [4.78, 5) is 71.5. The number of alkyl halides is 1. The van der Waals surface area contributed by atoms with Crippen LogP contribution in [0.25, 0.3) is 0 Å². The molecule has 686 valence electrons. The number of ether oxygens (including phenoxy) is 4. The number of nitrogens with two attached hydrogens (primary N) is 1. The number of aliphatic carboxylic acids is 2. The van der Waals surface area contributed by atoms with Gasteiger partial charge in [0.05, 0.1) is 66.9 Å². The van der Waals surface area contributed by atoms with Crippen LogP contribution >= 0.6 is 104 Å². The molecule has 4 fully saturated rings. The summed E-state index contributed by atoms with van der Waals surface area (Å²) in [7, 11) is -1.00. The van der Waals surface area contributed by atoms with Crippen molar-refractivity contribution in [3.8, 4) is 0 Å². The predicted octanol–water partition coefficient (Wildman–Crippen LogP) is 19.2. The molecule has 12 rings (SSSR count). The second-order valence-corrected chi connectivity index (χ2v) is 38.1. The fourth-order valence-electron chi connectivity index (χ4n) is 15.3. The van der Waals surface area contributed by atoms with E-state index in [0.29, 0.717) is 80.5 Å². The minimum absolute atomic E-state index is 0. The summed E-state index contributed by atoms with van der Waals surface area (Å²) in [5.41, 5.74) is 18.6. The Hall–Kier alpha value is -6.42. The Morgan fingerprint density at radius 3 is 0.880 bits per heavy atom. The van der Waals surface area contributed by atoms with E-state index in [1.807, 2.05) is 38.1 Å². The number of anilines is 11. The van der Waals surface area contributed by atoms with Crippen LogP contribution in [0.5, 0.6) is 0 Å². The molecule has 4 aromatic heterocycles. The van der Waals surface area contributed by atoms with Crippen LogP contribution < -0.4 is 60.1 Å². The summed E-state index contributed by atoms with van der Waals surface area (Å²) in [5.74, 6) is 1.03. The third-order valence-electron chi connectivity index (χ3n) is 20.9. The van der Waals surface area contributed by atoms with Crippen molar-refractivity contribution in [2.75, 3.05) is 127 Å². The second kappa shape index (κ2) is 56.2. The Kier molecular flexibility index (Phi) is 48.3. The molecule has 27 nitrogen and oxygen atoms in total. The largest absolute Gasteiger partial charge is 1.00 e. The van der Waals surface area contributed by atoms with Gasteiger partial charge in [0, 0.05) is 151 Å². The fourth-order valence-corrected chi connectivity index (χ4v) is 18.2. The van der Waals surface area contributed by atoms with Crippen LogP contribution in [0.3, 0.4) is 0 Å². The van der Waals surface area contributed by atoms with Crippen molar-refractivity contribution in [1.82, 2.24) is 37.4 Å². The number of carbonyl (C=O) groups is 4. The molecule has 0 aliphatic carbocycles. The van der Waals surface area contributed by atoms with Crippen molar-refractivity contribution in [3.05, 3.63) is 121 Å². The van der Waals surface area contributed by atoms with Gasteiger partial charge in [0.1, 0.15) is 11.6 Å². The van der Waals surface area contributed by atoms with E-state index in [4.69, 9.17) is 84.1 Å². The number of Topliss-reactive ketones (excluding diaryl/α,β-unsaturated/α-hetero) is 2. The first-order chi connectivity index (χ1) is 59.1. The number of nitrogens with one attached hydrogen (secondary N) is 3. The summed E-state index contributed by atoms with van der Waals surface area (Å²) >= 11 is 33.1. The molecule has 0 spiro atoms. The molecule has 0 amide bonds. The van der Waals surface area contributed by atoms with Crippen molar-refractivity contribution < 1.29 is 78.4 Å². The number of benzene rings is 4. The Labute approximate surface area is 791 Å². The standard InChI is InChI=1S/C22H31ClN4O2S.2C21H29ClN4O3S.C20H32N2O2.C2Cl2N2S.CH3F.Li.H2O/c1-14(2)13-27(18-7-9-29-10-8-18)20-6-5-17(15(3)11-16(4)28)12-19(20)24-22-25-21(23)26-30-22;2*1-13(2)12-26(16-6-8-29-9-7-16)18-5-4-15(14(3)10-19(27)28)11-17(18)23-21-24-20(22)25-30-21;1-14(2)13-22(18-7-9-24-10-8-18)20-6-5-17(12-19(20)21)15(3)11-16(4)23;3-1-5-2(4)7-6-1;1-2;;/h5-6,12,14-15,18H,7-11,13H2,1-4H3,(H,24,25,26);2*4-5,11,13-14,16H,6-10,12H2,1-3H3,(H,27,28)(H,23,24,25);5-6,12,14-15,18H,7-11,13,21H2,1-4H3;;1H3;;1H2/q;;;;;;+1;/p-1/t15-;2*14-;15-;;;;/m1111..../s1/i;;;;;1D;;. The van der Waals surface area contributed by atoms with Gasteiger partial charge < -0.3 is 85.5 Å². The van der Waals surface area contributed by atoms with Gasteiger partial charge in [-0.2, -0.15) is 37.4 Å². The van der Waals surface area contributed by atoms with E-state index < -0.39 is 19.1 Å². The fraction of sp³-hybridized carbons (Fsp3) is 0.586. The molecule has 4 aromatic carbocycles. The number of carboxylic acids is 2. The Morgan fingerprint density at radius 2 is 0.672 bits per heavy atom. The van der Waals surface area contributed by atoms with Crippen LogP contribution in [-0.4, -0.2) is 187 Å². The molecular weight excluding hydrogens is 1780 g/mol. The monoisotopic (exact) mass is 1900 g/mol. The van der Waals surface area contributed by atoms with Crippen molar-refractivity contribution in [2.24, 2.45) is 23.7 Å². The van der Waals surface area contributed by atoms with Crippen LogP contribution in [0.4, 0.5) is 65.3 Å². The smallest absolute Gasteiger partial charge is 0.870 e. The number of nitrogens with zero attached hydrogens (tertiary/aromatic N) is 12. The zero-order valence-electron chi connectivity index (χ0n) is 75.5. The summed E-state index contributed by atoms with van der Waals surface area (Å²) in [6.07, 6.45) is 9.30. The van der Waals surface area contributed by atoms with Crippen LogP contribution in [0.1, 0.15) is 221 Å². The van der Waals surface area contributed by atoms with Crippen molar-refractivity contribution in [3.63, 3.8) is 0 Å². The van der Waals surface area contributed by atoms with Gasteiger partial charge in [-0.3, -0.25) is 14.0 Å². The Bertz CT molecular complexity index is 4220. The van der Waals surface area contributed by atoms with E-state index in [-0.39, 0.29) is 93.6 Å². The molecule has 4 saturated heterocycles. The van der Waals surface area contributed by atoms with E-state index in [1.54, 1.807) is 13.8 Å². The molecule has 0 bridgehead atoms. The number of carbonyl (C=O) groups excluding carboxylic acids is 2. The summed E-state index contributed by atoms with van der Waals surface area (Å²) < 4.78 is 53.9. The molecule has 8 aromatic rings. The van der Waals surface area contributed by atoms with E-state index in [2.05, 4.69) is 191 Å². The quantitative estimate of drug-likeness (QED) is 0.0161. The summed E-state index contributed by atoms with van der Waals surface area (Å²) in [6, 6.07) is 26.8. The van der Waals surface area contributed by atoms with Crippen molar-refractivity contribution in [2.45, 2.75) is 222 Å². The predicted molar refractivity (Wildman–Crippen MR) is 507 cm³/mol. The Balaban J connectivity index is 0.000000286. The number of hydrogen-bond acceptors (Lipinski definition) is 29. The number of aromatic nitrogens is 8. The first-order valence-corrected chi connectivity index (χ1v) is 47.0. The normalized spacial score (nSPS) is 15.4. The molecule has 38 heteroatoms. The summed E-state index contributed by atoms with van der Waals surface area (Å²) in [6.45, 7) is 39.2. The van der Waals surface area contributed by atoms with Crippen molar-refractivity contribution >= 4 is 189 Å².